The molecule has 78 heavy (non-hydrogen) atoms. The van der Waals surface area contributed by atoms with Crippen LogP contribution in [-0.4, -0.2) is 37.2 Å². The number of allylic oxidation sites excluding steroid dienone is 24. The molecule has 0 amide bonds. The summed E-state index contributed by atoms with van der Waals surface area (Å²) in [5, 5.41) is 0. The third-order valence-corrected chi connectivity index (χ3v) is 13.1. The van der Waals surface area contributed by atoms with Crippen LogP contribution < -0.4 is 0 Å². The van der Waals surface area contributed by atoms with Gasteiger partial charge in [-0.05, 0) is 141 Å². The van der Waals surface area contributed by atoms with Gasteiger partial charge in [-0.25, -0.2) is 0 Å². The first-order valence-corrected chi connectivity index (χ1v) is 31.8. The molecule has 0 aromatic carbocycles. The molecule has 0 radical (unpaired) electrons. The molecule has 0 rings (SSSR count). The molecule has 6 heteroatoms. The Hall–Kier alpha value is -4.71. The van der Waals surface area contributed by atoms with Crippen molar-refractivity contribution in [2.24, 2.45) is 0 Å². The normalized spacial score (nSPS) is 13.1. The highest BCUT2D eigenvalue weighted by molar-refractivity contribution is 5.71. The number of unbranched alkanes of at least 4 members (excludes halogenated alkanes) is 21. The highest BCUT2D eigenvalue weighted by Crippen LogP contribution is 2.14. The standard InChI is InChI=1S/C72H116O6/c1-4-7-10-13-16-19-22-25-28-30-32-33-34-35-36-37-38-39-40-42-44-47-50-53-56-59-62-65-71(74)77-68-69(67-76-70(73)64-61-58-55-52-49-46-43-27-24-21-18-15-12-9-6-3)78-72(75)66-63-60-57-54-51-48-45-41-31-29-26-23-20-17-14-11-8-5-2/h7,9-10,12,16,18-19,21,25,27-29,31-33,35-36,38-39,42-44,49,52,69H,4-6,8,11,13-15,17,20,22-24,26,30,34,37,40-41,45-48,50-51,53-68H2,1-3H3/b10-7-,12-9-,19-16-,21-18-,28-25-,31-29-,33-32-,36-35-,39-38-,43-27-,44-42-,52-49-. The van der Waals surface area contributed by atoms with Crippen molar-refractivity contribution in [1.82, 2.24) is 0 Å². The number of carbonyl (C=O) groups is 3. The van der Waals surface area contributed by atoms with Gasteiger partial charge in [0.15, 0.2) is 6.10 Å². The van der Waals surface area contributed by atoms with Gasteiger partial charge in [-0.15, -0.1) is 0 Å². The van der Waals surface area contributed by atoms with Gasteiger partial charge in [-0.2, -0.15) is 0 Å². The largest absolute Gasteiger partial charge is 0.462 e. The van der Waals surface area contributed by atoms with Gasteiger partial charge in [0.25, 0.3) is 0 Å². The molecule has 0 aromatic heterocycles. The highest BCUT2D eigenvalue weighted by atomic mass is 16.6. The summed E-state index contributed by atoms with van der Waals surface area (Å²) in [7, 11) is 0. The molecule has 1 atom stereocenters. The topological polar surface area (TPSA) is 78.9 Å². The number of ether oxygens (including phenoxy) is 3. The second-order valence-electron chi connectivity index (χ2n) is 20.5. The predicted molar refractivity (Wildman–Crippen MR) is 339 cm³/mol. The first-order valence-electron chi connectivity index (χ1n) is 31.8. The van der Waals surface area contributed by atoms with Crippen LogP contribution in [0.15, 0.2) is 146 Å². The van der Waals surface area contributed by atoms with Crippen molar-refractivity contribution in [3.63, 3.8) is 0 Å². The number of hydrogen-bond donors (Lipinski definition) is 0. The molecule has 0 spiro atoms. The van der Waals surface area contributed by atoms with Crippen LogP contribution in [0.3, 0.4) is 0 Å². The molecule has 0 heterocycles. The van der Waals surface area contributed by atoms with Gasteiger partial charge in [0, 0.05) is 19.3 Å². The zero-order valence-electron chi connectivity index (χ0n) is 50.4. The fourth-order valence-corrected chi connectivity index (χ4v) is 8.35. The minimum absolute atomic E-state index is 0.108. The number of hydrogen-bond acceptors (Lipinski definition) is 6. The maximum absolute atomic E-state index is 12.9. The lowest BCUT2D eigenvalue weighted by atomic mass is 10.1. The zero-order valence-corrected chi connectivity index (χ0v) is 50.4. The first-order chi connectivity index (χ1) is 38.5. The van der Waals surface area contributed by atoms with E-state index in [0.29, 0.717) is 25.7 Å². The summed E-state index contributed by atoms with van der Waals surface area (Å²) in [4.78, 5) is 38.3. The second-order valence-corrected chi connectivity index (χ2v) is 20.5. The Morgan fingerprint density at radius 1 is 0.269 bits per heavy atom. The van der Waals surface area contributed by atoms with E-state index in [-0.39, 0.29) is 31.1 Å². The van der Waals surface area contributed by atoms with Crippen LogP contribution in [0.2, 0.25) is 0 Å². The van der Waals surface area contributed by atoms with E-state index >= 15 is 0 Å². The molecular formula is C72H116O6. The average molecular weight is 1080 g/mol. The second kappa shape index (κ2) is 64.8. The van der Waals surface area contributed by atoms with Crippen molar-refractivity contribution in [3.8, 4) is 0 Å². The molecule has 0 bridgehead atoms. The first kappa shape index (κ1) is 73.3. The van der Waals surface area contributed by atoms with Crippen LogP contribution in [0.5, 0.6) is 0 Å². The third-order valence-electron chi connectivity index (χ3n) is 13.1. The lowest BCUT2D eigenvalue weighted by molar-refractivity contribution is -0.167. The minimum atomic E-state index is -0.813. The van der Waals surface area contributed by atoms with E-state index in [1.165, 1.54) is 83.5 Å². The molecule has 0 aliphatic heterocycles. The Balaban J connectivity index is 4.46. The average Bonchev–Trinajstić information content (AvgIpc) is 3.44. The lowest BCUT2D eigenvalue weighted by Gasteiger charge is -2.18. The van der Waals surface area contributed by atoms with Crippen molar-refractivity contribution >= 4 is 17.9 Å². The van der Waals surface area contributed by atoms with Crippen LogP contribution >= 0.6 is 0 Å². The molecule has 0 fully saturated rings. The smallest absolute Gasteiger partial charge is 0.306 e. The van der Waals surface area contributed by atoms with Crippen molar-refractivity contribution in [1.29, 1.82) is 0 Å². The molecule has 0 aliphatic carbocycles. The van der Waals surface area contributed by atoms with Gasteiger partial charge in [0.2, 0.25) is 0 Å². The summed E-state index contributed by atoms with van der Waals surface area (Å²) in [6, 6.07) is 0. The molecule has 0 saturated heterocycles. The van der Waals surface area contributed by atoms with Crippen LogP contribution in [0.25, 0.3) is 0 Å². The summed E-state index contributed by atoms with van der Waals surface area (Å²) in [5.41, 5.74) is 0. The Bertz CT molecular complexity index is 1710. The number of esters is 3. The fraction of sp³-hybridized carbons (Fsp3) is 0.625. The van der Waals surface area contributed by atoms with E-state index in [0.717, 1.165) is 141 Å². The highest BCUT2D eigenvalue weighted by Gasteiger charge is 2.19. The molecule has 440 valence electrons. The number of rotatable bonds is 56. The van der Waals surface area contributed by atoms with Gasteiger partial charge < -0.3 is 14.2 Å². The Labute approximate surface area is 480 Å². The van der Waals surface area contributed by atoms with E-state index in [1.54, 1.807) is 0 Å². The van der Waals surface area contributed by atoms with E-state index < -0.39 is 6.10 Å². The molecule has 6 nitrogen and oxygen atoms in total. The summed E-state index contributed by atoms with van der Waals surface area (Å²) < 4.78 is 16.9. The maximum atomic E-state index is 12.9. The van der Waals surface area contributed by atoms with Crippen molar-refractivity contribution < 1.29 is 28.6 Å². The molecule has 0 saturated carbocycles. The molecule has 1 unspecified atom stereocenters. The Morgan fingerprint density at radius 3 is 0.821 bits per heavy atom. The van der Waals surface area contributed by atoms with Gasteiger partial charge >= 0.3 is 17.9 Å². The van der Waals surface area contributed by atoms with Gasteiger partial charge in [-0.3, -0.25) is 14.4 Å². The van der Waals surface area contributed by atoms with E-state index in [9.17, 15) is 14.4 Å². The van der Waals surface area contributed by atoms with Crippen LogP contribution in [0.1, 0.15) is 271 Å². The van der Waals surface area contributed by atoms with Gasteiger partial charge in [0.1, 0.15) is 13.2 Å². The van der Waals surface area contributed by atoms with Crippen LogP contribution in [0.4, 0.5) is 0 Å². The lowest BCUT2D eigenvalue weighted by Crippen LogP contribution is -2.30. The monoisotopic (exact) mass is 1080 g/mol. The zero-order chi connectivity index (χ0) is 56.4. The summed E-state index contributed by atoms with van der Waals surface area (Å²) in [5.74, 6) is -0.973. The van der Waals surface area contributed by atoms with E-state index in [4.69, 9.17) is 14.2 Å². The van der Waals surface area contributed by atoms with Crippen LogP contribution in [-0.2, 0) is 28.6 Å². The van der Waals surface area contributed by atoms with E-state index in [2.05, 4.69) is 167 Å². The van der Waals surface area contributed by atoms with Gasteiger partial charge in [0.05, 0.1) is 0 Å². The summed E-state index contributed by atoms with van der Waals surface area (Å²) in [6.07, 6.45) is 92.8. The van der Waals surface area contributed by atoms with Crippen molar-refractivity contribution in [3.05, 3.63) is 146 Å². The van der Waals surface area contributed by atoms with Crippen molar-refractivity contribution in [2.75, 3.05) is 13.2 Å². The fourth-order valence-electron chi connectivity index (χ4n) is 8.35. The van der Waals surface area contributed by atoms with Gasteiger partial charge in [-0.1, -0.05) is 256 Å². The summed E-state index contributed by atoms with van der Waals surface area (Å²) in [6.45, 7) is 6.36. The number of carbonyl (C=O) groups excluding carboxylic acids is 3. The molecular weight excluding hydrogens is 961 g/mol. The summed E-state index contributed by atoms with van der Waals surface area (Å²) >= 11 is 0. The quantitative estimate of drug-likeness (QED) is 0.0261. The SMILES string of the molecule is CC/C=C\C/C=C\C/C=C\C/C=C\C/C=C\C/C=C\C/C=C\CCCCCCCC(=O)OCC(COC(=O)CCCC/C=C\C/C=C\C/C=C\C/C=C\CC)OC(=O)CCCCCCCCC/C=C\CCCCCCCCC. The minimum Gasteiger partial charge on any atom is -0.462 e. The van der Waals surface area contributed by atoms with Crippen LogP contribution in [0, 0.1) is 0 Å². The predicted octanol–water partition coefficient (Wildman–Crippen LogP) is 21.9. The molecule has 0 N–H and O–H groups in total. The van der Waals surface area contributed by atoms with Crippen molar-refractivity contribution in [2.45, 2.75) is 277 Å². The Kier molecular flexibility index (Phi) is 60.9. The Morgan fingerprint density at radius 2 is 0.500 bits per heavy atom. The van der Waals surface area contributed by atoms with E-state index in [1.807, 2.05) is 0 Å². The maximum Gasteiger partial charge on any atom is 0.306 e. The third kappa shape index (κ3) is 62.1. The molecule has 0 aliphatic rings. The molecule has 0 aromatic rings.